The first-order valence-electron chi connectivity index (χ1n) is 5.21. The van der Waals surface area contributed by atoms with Crippen molar-refractivity contribution in [2.45, 2.75) is 0 Å². The number of nitriles is 1. The smallest absolute Gasteiger partial charge is 0.409 e. The quantitative estimate of drug-likeness (QED) is 0.786. The molecule has 0 unspecified atom stereocenters. The van der Waals surface area contributed by atoms with E-state index in [9.17, 15) is 4.79 Å². The molecule has 0 heterocycles. The minimum atomic E-state index is -0.440. The molecule has 18 heavy (non-hydrogen) atoms. The van der Waals surface area contributed by atoms with Crippen LogP contribution in [0, 0.1) is 11.3 Å². The summed E-state index contributed by atoms with van der Waals surface area (Å²) in [4.78, 5) is 12.4. The second-order valence-electron chi connectivity index (χ2n) is 3.58. The van der Waals surface area contributed by atoms with Gasteiger partial charge in [0.1, 0.15) is 30.6 Å². The van der Waals surface area contributed by atoms with Crippen molar-refractivity contribution in [3.63, 3.8) is 0 Å². The van der Waals surface area contributed by atoms with Gasteiger partial charge in [0.2, 0.25) is 0 Å². The van der Waals surface area contributed by atoms with Gasteiger partial charge in [-0.15, -0.1) is 0 Å². The van der Waals surface area contributed by atoms with Crippen LogP contribution in [-0.2, 0) is 4.74 Å². The van der Waals surface area contributed by atoms with Crippen LogP contribution < -0.4 is 4.74 Å². The Morgan fingerprint density at radius 1 is 1.44 bits per heavy atom. The predicted octanol–water partition coefficient (Wildman–Crippen LogP) is 2.29. The summed E-state index contributed by atoms with van der Waals surface area (Å²) in [5.41, 5.74) is 0.276. The number of amides is 1. The lowest BCUT2D eigenvalue weighted by atomic mass is 10.2. The van der Waals surface area contributed by atoms with Gasteiger partial charge < -0.3 is 14.4 Å². The van der Waals surface area contributed by atoms with E-state index in [1.807, 2.05) is 6.07 Å². The van der Waals surface area contributed by atoms with Gasteiger partial charge in [0.25, 0.3) is 0 Å². The fraction of sp³-hybridized carbons (Fsp3) is 0.333. The van der Waals surface area contributed by atoms with Gasteiger partial charge in [0, 0.05) is 14.1 Å². The van der Waals surface area contributed by atoms with Gasteiger partial charge in [-0.25, -0.2) is 4.79 Å². The Morgan fingerprint density at radius 3 is 2.78 bits per heavy atom. The van der Waals surface area contributed by atoms with Gasteiger partial charge in [0.15, 0.2) is 0 Å². The Kier molecular flexibility index (Phi) is 5.28. The van der Waals surface area contributed by atoms with Gasteiger partial charge in [-0.05, 0) is 12.1 Å². The number of benzene rings is 1. The molecule has 0 spiro atoms. The average molecular weight is 269 g/mol. The zero-order valence-electron chi connectivity index (χ0n) is 10.1. The Labute approximate surface area is 110 Å². The van der Waals surface area contributed by atoms with Crippen LogP contribution in [0.15, 0.2) is 18.2 Å². The molecule has 0 bridgehead atoms. The normalized spacial score (nSPS) is 9.44. The Morgan fingerprint density at radius 2 is 2.17 bits per heavy atom. The largest absolute Gasteiger partial charge is 0.489 e. The van der Waals surface area contributed by atoms with Crippen LogP contribution in [0.5, 0.6) is 5.75 Å². The maximum absolute atomic E-state index is 11.1. The molecule has 0 atom stereocenters. The van der Waals surface area contributed by atoms with Crippen molar-refractivity contribution in [3.05, 3.63) is 28.8 Å². The van der Waals surface area contributed by atoms with Gasteiger partial charge >= 0.3 is 6.09 Å². The Balaban J connectivity index is 2.48. The lowest BCUT2D eigenvalue weighted by molar-refractivity contribution is 0.101. The number of ether oxygens (including phenoxy) is 2. The number of carbonyl (C=O) groups is 1. The van der Waals surface area contributed by atoms with Gasteiger partial charge in [0.05, 0.1) is 5.02 Å². The molecule has 0 saturated carbocycles. The van der Waals surface area contributed by atoms with Gasteiger partial charge in [-0.1, -0.05) is 17.7 Å². The summed E-state index contributed by atoms with van der Waals surface area (Å²) in [7, 11) is 3.18. The molecule has 0 aliphatic rings. The summed E-state index contributed by atoms with van der Waals surface area (Å²) in [6.45, 7) is 0.267. The highest BCUT2D eigenvalue weighted by molar-refractivity contribution is 6.31. The summed E-state index contributed by atoms with van der Waals surface area (Å²) in [6, 6.07) is 6.89. The van der Waals surface area contributed by atoms with Gasteiger partial charge in [-0.2, -0.15) is 5.26 Å². The predicted molar refractivity (Wildman–Crippen MR) is 66.7 cm³/mol. The van der Waals surface area contributed by atoms with E-state index in [0.29, 0.717) is 10.8 Å². The minimum Gasteiger partial charge on any atom is -0.489 e. The number of hydrogen-bond donors (Lipinski definition) is 0. The maximum atomic E-state index is 11.1. The van der Waals surface area contributed by atoms with Crippen LogP contribution in [0.25, 0.3) is 0 Å². The zero-order valence-corrected chi connectivity index (χ0v) is 10.9. The molecule has 0 N–H and O–H groups in total. The SMILES string of the molecule is CN(C)C(=O)OCCOc1cccc(Cl)c1C#N. The van der Waals surface area contributed by atoms with Crippen LogP contribution in [-0.4, -0.2) is 38.3 Å². The van der Waals surface area contributed by atoms with Crippen LogP contribution in [0.2, 0.25) is 5.02 Å². The molecule has 1 aromatic rings. The summed E-state index contributed by atoms with van der Waals surface area (Å²) in [6.07, 6.45) is -0.440. The van der Waals surface area contributed by atoms with Crippen molar-refractivity contribution < 1.29 is 14.3 Å². The Bertz CT molecular complexity index is 469. The first-order chi connectivity index (χ1) is 8.56. The van der Waals surface area contributed by atoms with E-state index in [1.54, 1.807) is 32.3 Å². The van der Waals surface area contributed by atoms with Crippen LogP contribution >= 0.6 is 11.6 Å². The molecule has 0 aromatic heterocycles. The van der Waals surface area contributed by atoms with Crippen molar-refractivity contribution in [2.24, 2.45) is 0 Å². The van der Waals surface area contributed by atoms with Crippen LogP contribution in [0.3, 0.4) is 0 Å². The third-order valence-electron chi connectivity index (χ3n) is 2.02. The number of rotatable bonds is 4. The zero-order chi connectivity index (χ0) is 13.5. The summed E-state index contributed by atoms with van der Waals surface area (Å²) >= 11 is 5.84. The molecule has 1 rings (SSSR count). The van der Waals surface area contributed by atoms with E-state index in [-0.39, 0.29) is 18.8 Å². The molecular formula is C12H13ClN2O3. The molecule has 5 nitrogen and oxygen atoms in total. The molecule has 1 amide bonds. The third-order valence-corrected chi connectivity index (χ3v) is 2.33. The standard InChI is InChI=1S/C12H13ClN2O3/c1-15(2)12(16)18-7-6-17-11-5-3-4-10(13)9(11)8-14/h3-5H,6-7H2,1-2H3. The van der Waals surface area contributed by atoms with Crippen molar-refractivity contribution in [3.8, 4) is 11.8 Å². The average Bonchev–Trinajstić information content (AvgIpc) is 2.34. The van der Waals surface area contributed by atoms with E-state index in [0.717, 1.165) is 0 Å². The lowest BCUT2D eigenvalue weighted by Gasteiger charge is -2.12. The molecular weight excluding hydrogens is 256 g/mol. The van der Waals surface area contributed by atoms with Crippen molar-refractivity contribution in [2.75, 3.05) is 27.3 Å². The number of hydrogen-bond acceptors (Lipinski definition) is 4. The molecule has 0 aliphatic heterocycles. The second kappa shape index (κ2) is 6.72. The molecule has 96 valence electrons. The monoisotopic (exact) mass is 268 g/mol. The first-order valence-corrected chi connectivity index (χ1v) is 5.59. The van der Waals surface area contributed by atoms with Crippen LogP contribution in [0.4, 0.5) is 4.79 Å². The molecule has 6 heteroatoms. The number of halogens is 1. The molecule has 0 saturated heterocycles. The topological polar surface area (TPSA) is 62.6 Å². The van der Waals surface area contributed by atoms with E-state index >= 15 is 0 Å². The highest BCUT2D eigenvalue weighted by Gasteiger charge is 2.08. The highest BCUT2D eigenvalue weighted by Crippen LogP contribution is 2.25. The maximum Gasteiger partial charge on any atom is 0.409 e. The minimum absolute atomic E-state index is 0.106. The lowest BCUT2D eigenvalue weighted by Crippen LogP contribution is -2.24. The van der Waals surface area contributed by atoms with Gasteiger partial charge in [-0.3, -0.25) is 0 Å². The second-order valence-corrected chi connectivity index (χ2v) is 3.99. The number of nitrogens with zero attached hydrogens (tertiary/aromatic N) is 2. The number of carbonyl (C=O) groups excluding carboxylic acids is 1. The van der Waals surface area contributed by atoms with E-state index in [4.69, 9.17) is 26.3 Å². The van der Waals surface area contributed by atoms with Crippen molar-refractivity contribution in [1.29, 1.82) is 5.26 Å². The molecule has 0 fully saturated rings. The highest BCUT2D eigenvalue weighted by atomic mass is 35.5. The summed E-state index contributed by atoms with van der Waals surface area (Å²) in [5, 5.41) is 9.24. The van der Waals surface area contributed by atoms with Crippen molar-refractivity contribution >= 4 is 17.7 Å². The molecule has 1 aromatic carbocycles. The van der Waals surface area contributed by atoms with E-state index in [1.165, 1.54) is 4.90 Å². The summed E-state index contributed by atoms with van der Waals surface area (Å²) < 4.78 is 10.2. The van der Waals surface area contributed by atoms with E-state index < -0.39 is 6.09 Å². The van der Waals surface area contributed by atoms with E-state index in [2.05, 4.69) is 0 Å². The summed E-state index contributed by atoms with van der Waals surface area (Å²) in [5.74, 6) is 0.380. The third kappa shape index (κ3) is 3.82. The fourth-order valence-corrected chi connectivity index (χ4v) is 1.35. The van der Waals surface area contributed by atoms with Crippen molar-refractivity contribution in [1.82, 2.24) is 4.90 Å². The molecule has 0 aliphatic carbocycles. The molecule has 0 radical (unpaired) electrons. The Hall–Kier alpha value is -1.93. The fourth-order valence-electron chi connectivity index (χ4n) is 1.14. The first kappa shape index (κ1) is 14.1. The van der Waals surface area contributed by atoms with Crippen LogP contribution in [0.1, 0.15) is 5.56 Å².